The second kappa shape index (κ2) is 7.37. The van der Waals surface area contributed by atoms with E-state index < -0.39 is 22.8 Å². The van der Waals surface area contributed by atoms with Gasteiger partial charge in [0.1, 0.15) is 6.04 Å². The van der Waals surface area contributed by atoms with Crippen molar-refractivity contribution < 1.29 is 19.6 Å². The Hall–Kier alpha value is -2.44. The Morgan fingerprint density at radius 3 is 2.57 bits per heavy atom. The van der Waals surface area contributed by atoms with Crippen molar-refractivity contribution in [2.45, 2.75) is 32.7 Å². The number of carbonyl (C=O) groups is 2. The zero-order chi connectivity index (χ0) is 16.0. The Kier molecular flexibility index (Phi) is 5.83. The Labute approximate surface area is 122 Å². The first-order chi connectivity index (χ1) is 9.79. The number of rotatable bonds is 7. The number of hydrogen-bond acceptors (Lipinski definition) is 4. The molecule has 1 aromatic rings. The van der Waals surface area contributed by atoms with Crippen LogP contribution in [0.25, 0.3) is 0 Å². The molecule has 0 aliphatic carbocycles. The van der Waals surface area contributed by atoms with Crippen molar-refractivity contribution >= 4 is 17.6 Å². The number of benzene rings is 1. The predicted molar refractivity (Wildman–Crippen MR) is 75.8 cm³/mol. The maximum absolute atomic E-state index is 11.8. The molecule has 1 amide bonds. The van der Waals surface area contributed by atoms with Crippen molar-refractivity contribution in [3.63, 3.8) is 0 Å². The van der Waals surface area contributed by atoms with E-state index in [1.165, 1.54) is 18.2 Å². The van der Waals surface area contributed by atoms with E-state index in [2.05, 4.69) is 5.32 Å². The van der Waals surface area contributed by atoms with Crippen LogP contribution in [0.3, 0.4) is 0 Å². The maximum Gasteiger partial charge on any atom is 0.326 e. The molecular formula is C14H18N2O5. The first-order valence-corrected chi connectivity index (χ1v) is 6.55. The van der Waals surface area contributed by atoms with Crippen molar-refractivity contribution in [1.29, 1.82) is 0 Å². The van der Waals surface area contributed by atoms with Crippen molar-refractivity contribution in [1.82, 2.24) is 5.32 Å². The first kappa shape index (κ1) is 16.6. The van der Waals surface area contributed by atoms with Gasteiger partial charge in [-0.15, -0.1) is 0 Å². The fourth-order valence-corrected chi connectivity index (χ4v) is 1.90. The number of carboxylic acid groups (broad SMARTS) is 1. The fraction of sp³-hybridized carbons (Fsp3) is 0.429. The topological polar surface area (TPSA) is 110 Å². The highest BCUT2D eigenvalue weighted by molar-refractivity contribution is 5.84. The van der Waals surface area contributed by atoms with Gasteiger partial charge in [0.15, 0.2) is 0 Å². The second-order valence-corrected chi connectivity index (χ2v) is 5.19. The van der Waals surface area contributed by atoms with Gasteiger partial charge in [-0.25, -0.2) is 4.79 Å². The lowest BCUT2D eigenvalue weighted by Gasteiger charge is -2.16. The molecule has 0 bridgehead atoms. The number of aliphatic carboxylic acids is 1. The standard InChI is InChI=1S/C14H18N2O5/c1-9(2)6-12(14(18)19)15-13(17)8-10-4-3-5-11(7-10)16(20)21/h3-5,7,9,12H,6,8H2,1-2H3,(H,15,17)(H,18,19)/t12-/m0/s1. The van der Waals surface area contributed by atoms with E-state index in [0.717, 1.165) is 0 Å². The fourth-order valence-electron chi connectivity index (χ4n) is 1.90. The van der Waals surface area contributed by atoms with Gasteiger partial charge < -0.3 is 10.4 Å². The van der Waals surface area contributed by atoms with E-state index in [0.29, 0.717) is 12.0 Å². The van der Waals surface area contributed by atoms with Gasteiger partial charge in [0.05, 0.1) is 11.3 Å². The van der Waals surface area contributed by atoms with Crippen LogP contribution in [-0.4, -0.2) is 27.9 Å². The number of amides is 1. The molecule has 21 heavy (non-hydrogen) atoms. The molecule has 114 valence electrons. The minimum absolute atomic E-state index is 0.0937. The minimum atomic E-state index is -1.09. The van der Waals surface area contributed by atoms with E-state index in [1.807, 2.05) is 13.8 Å². The van der Waals surface area contributed by atoms with E-state index in [-0.39, 0.29) is 18.0 Å². The predicted octanol–water partition coefficient (Wildman–Crippen LogP) is 1.75. The minimum Gasteiger partial charge on any atom is -0.480 e. The molecule has 0 aliphatic rings. The summed E-state index contributed by atoms with van der Waals surface area (Å²) in [6, 6.07) is 4.77. The van der Waals surface area contributed by atoms with Crippen LogP contribution in [0.15, 0.2) is 24.3 Å². The van der Waals surface area contributed by atoms with Crippen LogP contribution in [0, 0.1) is 16.0 Å². The molecule has 0 fully saturated rings. The highest BCUT2D eigenvalue weighted by Crippen LogP contribution is 2.13. The van der Waals surface area contributed by atoms with E-state index in [1.54, 1.807) is 6.07 Å². The monoisotopic (exact) mass is 294 g/mol. The van der Waals surface area contributed by atoms with E-state index in [4.69, 9.17) is 5.11 Å². The molecule has 0 unspecified atom stereocenters. The van der Waals surface area contributed by atoms with Crippen LogP contribution in [-0.2, 0) is 16.0 Å². The molecule has 0 aliphatic heterocycles. The molecule has 0 spiro atoms. The number of nitrogens with one attached hydrogen (secondary N) is 1. The molecule has 1 atom stereocenters. The average Bonchev–Trinajstić information content (AvgIpc) is 2.37. The summed E-state index contributed by atoms with van der Waals surface area (Å²) in [5, 5.41) is 22.1. The smallest absolute Gasteiger partial charge is 0.326 e. The Morgan fingerprint density at radius 2 is 2.05 bits per heavy atom. The summed E-state index contributed by atoms with van der Waals surface area (Å²) in [4.78, 5) is 33.0. The van der Waals surface area contributed by atoms with Crippen LogP contribution in [0.2, 0.25) is 0 Å². The van der Waals surface area contributed by atoms with E-state index >= 15 is 0 Å². The van der Waals surface area contributed by atoms with Gasteiger partial charge in [-0.2, -0.15) is 0 Å². The molecule has 2 N–H and O–H groups in total. The molecule has 0 saturated heterocycles. The Balaban J connectivity index is 2.70. The molecule has 0 aromatic heterocycles. The van der Waals surface area contributed by atoms with Gasteiger partial charge >= 0.3 is 5.97 Å². The first-order valence-electron chi connectivity index (χ1n) is 6.55. The number of carbonyl (C=O) groups excluding carboxylic acids is 1. The molecule has 0 heterocycles. The summed E-state index contributed by atoms with van der Waals surface area (Å²) in [7, 11) is 0. The Morgan fingerprint density at radius 1 is 1.38 bits per heavy atom. The zero-order valence-electron chi connectivity index (χ0n) is 11.9. The van der Waals surface area contributed by atoms with E-state index in [9.17, 15) is 19.7 Å². The lowest BCUT2D eigenvalue weighted by molar-refractivity contribution is -0.384. The lowest BCUT2D eigenvalue weighted by Crippen LogP contribution is -2.42. The summed E-state index contributed by atoms with van der Waals surface area (Å²) in [6.45, 7) is 3.73. The van der Waals surface area contributed by atoms with Gasteiger partial charge in [0.2, 0.25) is 5.91 Å². The van der Waals surface area contributed by atoms with Gasteiger partial charge in [-0.3, -0.25) is 14.9 Å². The molecule has 7 heteroatoms. The van der Waals surface area contributed by atoms with Crippen molar-refractivity contribution in [2.24, 2.45) is 5.92 Å². The van der Waals surface area contributed by atoms with Crippen LogP contribution < -0.4 is 5.32 Å². The van der Waals surface area contributed by atoms with Crippen LogP contribution in [0.5, 0.6) is 0 Å². The number of carboxylic acids is 1. The molecular weight excluding hydrogens is 276 g/mol. The third-order valence-corrected chi connectivity index (χ3v) is 2.83. The zero-order valence-corrected chi connectivity index (χ0v) is 11.9. The van der Waals surface area contributed by atoms with Crippen molar-refractivity contribution in [3.05, 3.63) is 39.9 Å². The van der Waals surface area contributed by atoms with Crippen LogP contribution >= 0.6 is 0 Å². The van der Waals surface area contributed by atoms with Gasteiger partial charge in [0, 0.05) is 12.1 Å². The largest absolute Gasteiger partial charge is 0.480 e. The SMILES string of the molecule is CC(C)C[C@H](NC(=O)Cc1cccc([N+](=O)[O-])c1)C(=O)O. The molecule has 1 rings (SSSR count). The maximum atomic E-state index is 11.8. The van der Waals surface area contributed by atoms with Crippen LogP contribution in [0.4, 0.5) is 5.69 Å². The average molecular weight is 294 g/mol. The van der Waals surface area contributed by atoms with Gasteiger partial charge in [-0.1, -0.05) is 26.0 Å². The molecule has 7 nitrogen and oxygen atoms in total. The van der Waals surface area contributed by atoms with Crippen molar-refractivity contribution in [2.75, 3.05) is 0 Å². The van der Waals surface area contributed by atoms with Crippen LogP contribution in [0.1, 0.15) is 25.8 Å². The number of non-ortho nitro benzene ring substituents is 1. The summed E-state index contributed by atoms with van der Waals surface area (Å²) >= 11 is 0. The summed E-state index contributed by atoms with van der Waals surface area (Å²) in [5.74, 6) is -1.43. The quantitative estimate of drug-likeness (QED) is 0.588. The Bertz CT molecular complexity index is 542. The normalized spacial score (nSPS) is 12.0. The molecule has 1 aromatic carbocycles. The third-order valence-electron chi connectivity index (χ3n) is 2.83. The van der Waals surface area contributed by atoms with Gasteiger partial charge in [-0.05, 0) is 17.9 Å². The molecule has 0 radical (unpaired) electrons. The lowest BCUT2D eigenvalue weighted by atomic mass is 10.0. The summed E-state index contributed by atoms with van der Waals surface area (Å²) in [6.07, 6.45) is 0.236. The second-order valence-electron chi connectivity index (χ2n) is 5.19. The summed E-state index contributed by atoms with van der Waals surface area (Å²) < 4.78 is 0. The summed E-state index contributed by atoms with van der Waals surface area (Å²) in [5.41, 5.74) is 0.368. The highest BCUT2D eigenvalue weighted by Gasteiger charge is 2.21. The third kappa shape index (κ3) is 5.60. The number of nitro groups is 1. The van der Waals surface area contributed by atoms with Crippen molar-refractivity contribution in [3.8, 4) is 0 Å². The number of nitro benzene ring substituents is 1. The molecule has 0 saturated carbocycles. The number of hydrogen-bond donors (Lipinski definition) is 2. The van der Waals surface area contributed by atoms with Gasteiger partial charge in [0.25, 0.3) is 5.69 Å². The highest BCUT2D eigenvalue weighted by atomic mass is 16.6. The number of nitrogens with zero attached hydrogens (tertiary/aromatic N) is 1.